The molecule has 2 aromatic carbocycles. The highest BCUT2D eigenvalue weighted by molar-refractivity contribution is 7.48. The maximum absolute atomic E-state index is 14.2. The minimum atomic E-state index is -4.30. The highest BCUT2D eigenvalue weighted by atomic mass is 31.2. The number of aryl methyl sites for hydroxylation is 4. The zero-order valence-corrected chi connectivity index (χ0v) is 25.4. The molecule has 0 unspecified atom stereocenters. The lowest BCUT2D eigenvalue weighted by Gasteiger charge is -2.22. The number of anilines is 1. The number of nitrogen functional groups attached to an aromatic ring is 1. The molecule has 0 radical (unpaired) electrons. The first kappa shape index (κ1) is 31.8. The van der Waals surface area contributed by atoms with Crippen LogP contribution < -0.4 is 10.5 Å². The number of benzene rings is 2. The van der Waals surface area contributed by atoms with Gasteiger partial charge in [-0.3, -0.25) is 14.0 Å². The molecular formula is C31H38F2N3O5P. The van der Waals surface area contributed by atoms with E-state index in [0.29, 0.717) is 23.5 Å². The molecule has 0 saturated heterocycles. The van der Waals surface area contributed by atoms with Crippen LogP contribution in [0.15, 0.2) is 48.7 Å². The number of unbranched alkanes of at least 4 members (excludes halogenated alkanes) is 1. The van der Waals surface area contributed by atoms with E-state index in [0.717, 1.165) is 45.8 Å². The summed E-state index contributed by atoms with van der Waals surface area (Å²) < 4.78 is 60.4. The highest BCUT2D eigenvalue weighted by Gasteiger charge is 2.41. The number of phosphoric acid groups is 1. The number of alkyl halides is 2. The van der Waals surface area contributed by atoms with Crippen LogP contribution in [0.2, 0.25) is 0 Å². The van der Waals surface area contributed by atoms with Crippen LogP contribution >= 0.6 is 7.82 Å². The topological polar surface area (TPSA) is 106 Å². The van der Waals surface area contributed by atoms with Crippen molar-refractivity contribution in [3.05, 3.63) is 70.9 Å². The summed E-state index contributed by atoms with van der Waals surface area (Å²) in [7, 11) is -4.30. The van der Waals surface area contributed by atoms with Crippen molar-refractivity contribution in [2.75, 3.05) is 25.6 Å². The molecule has 4 rings (SSSR count). The molecule has 0 amide bonds. The van der Waals surface area contributed by atoms with E-state index in [-0.39, 0.29) is 26.2 Å². The van der Waals surface area contributed by atoms with Crippen LogP contribution in [-0.4, -0.2) is 35.9 Å². The van der Waals surface area contributed by atoms with Crippen molar-refractivity contribution >= 4 is 35.4 Å². The minimum absolute atomic E-state index is 0.0648. The van der Waals surface area contributed by atoms with E-state index in [4.69, 9.17) is 19.5 Å². The molecule has 0 fully saturated rings. The first-order valence-electron chi connectivity index (χ1n) is 14.2. The van der Waals surface area contributed by atoms with Gasteiger partial charge in [-0.05, 0) is 99.9 Å². The maximum Gasteiger partial charge on any atom is 0.479 e. The normalized spacial score (nSPS) is 12.3. The number of fused-ring (bicyclic) bond motifs is 3. The summed E-state index contributed by atoms with van der Waals surface area (Å²) >= 11 is 0. The van der Waals surface area contributed by atoms with E-state index in [9.17, 15) is 13.3 Å². The highest BCUT2D eigenvalue weighted by Crippen LogP contribution is 2.54. The molecule has 226 valence electrons. The second-order valence-electron chi connectivity index (χ2n) is 10.2. The lowest BCUT2D eigenvalue weighted by atomic mass is 9.99. The van der Waals surface area contributed by atoms with E-state index in [1.54, 1.807) is 0 Å². The molecule has 8 nitrogen and oxygen atoms in total. The second kappa shape index (κ2) is 13.9. The van der Waals surface area contributed by atoms with Gasteiger partial charge in [0.05, 0.1) is 25.3 Å². The van der Waals surface area contributed by atoms with Gasteiger partial charge in [-0.15, -0.1) is 0 Å². The monoisotopic (exact) mass is 601 g/mol. The molecule has 2 heterocycles. The summed E-state index contributed by atoms with van der Waals surface area (Å²) in [5.74, 6) is 1.10. The summed E-state index contributed by atoms with van der Waals surface area (Å²) in [6.07, 6.45) is -0.298. The van der Waals surface area contributed by atoms with E-state index < -0.39 is 20.4 Å². The number of halogens is 2. The molecule has 42 heavy (non-hydrogen) atoms. The van der Waals surface area contributed by atoms with Gasteiger partial charge in [-0.2, -0.15) is 8.78 Å². The van der Waals surface area contributed by atoms with E-state index in [2.05, 4.69) is 32.7 Å². The third-order valence-corrected chi connectivity index (χ3v) is 8.46. The Labute approximate surface area is 245 Å². The van der Waals surface area contributed by atoms with Crippen molar-refractivity contribution in [3.63, 3.8) is 0 Å². The minimum Gasteiger partial charge on any atom is -0.494 e. The molecule has 0 atom stereocenters. The number of pyridine rings is 2. The second-order valence-corrected chi connectivity index (χ2v) is 11.8. The number of ether oxygens (including phenoxy) is 1. The van der Waals surface area contributed by atoms with Crippen LogP contribution in [0.5, 0.6) is 5.75 Å². The van der Waals surface area contributed by atoms with Gasteiger partial charge in [0, 0.05) is 23.4 Å². The first-order valence-corrected chi connectivity index (χ1v) is 15.6. The summed E-state index contributed by atoms with van der Waals surface area (Å²) in [5, 5.41) is 2.03. The number of phosphoric ester groups is 1. The van der Waals surface area contributed by atoms with Crippen molar-refractivity contribution < 1.29 is 31.7 Å². The third-order valence-electron chi connectivity index (χ3n) is 6.82. The van der Waals surface area contributed by atoms with Crippen molar-refractivity contribution in [2.45, 2.75) is 65.9 Å². The fourth-order valence-electron chi connectivity index (χ4n) is 4.75. The lowest BCUT2D eigenvalue weighted by molar-refractivity contribution is -0.195. The summed E-state index contributed by atoms with van der Waals surface area (Å²) in [6, 6.07) is 14.2. The Balaban J connectivity index is 1.29. The molecule has 0 aliphatic rings. The Bertz CT molecular complexity index is 1570. The molecule has 0 aliphatic heterocycles. The maximum atomic E-state index is 14.2. The van der Waals surface area contributed by atoms with Gasteiger partial charge in [0.15, 0.2) is 5.82 Å². The molecule has 0 aliphatic carbocycles. The van der Waals surface area contributed by atoms with Crippen molar-refractivity contribution in [3.8, 4) is 5.75 Å². The number of nitrogens with two attached hydrogens (primary N) is 1. The lowest BCUT2D eigenvalue weighted by Crippen LogP contribution is -2.21. The van der Waals surface area contributed by atoms with E-state index >= 15 is 0 Å². The van der Waals surface area contributed by atoms with Gasteiger partial charge < -0.3 is 10.5 Å². The number of hydrogen-bond acceptors (Lipinski definition) is 8. The van der Waals surface area contributed by atoms with Crippen molar-refractivity contribution in [1.82, 2.24) is 9.97 Å². The predicted octanol–water partition coefficient (Wildman–Crippen LogP) is 8.11. The number of nitrogens with zero attached hydrogens (tertiary/aromatic N) is 2. The number of rotatable bonds is 15. The van der Waals surface area contributed by atoms with Crippen LogP contribution in [0.3, 0.4) is 0 Å². The summed E-state index contributed by atoms with van der Waals surface area (Å²) in [4.78, 5) is 9.13. The van der Waals surface area contributed by atoms with Gasteiger partial charge >= 0.3 is 13.9 Å². The quantitative estimate of drug-likeness (QED) is 0.0828. The third kappa shape index (κ3) is 8.22. The van der Waals surface area contributed by atoms with Crippen LogP contribution in [-0.2, 0) is 31.0 Å². The number of hydrogen-bond donors (Lipinski definition) is 1. The predicted molar refractivity (Wildman–Crippen MR) is 161 cm³/mol. The zero-order chi connectivity index (χ0) is 30.3. The molecule has 2 aromatic heterocycles. The molecule has 0 spiro atoms. The van der Waals surface area contributed by atoms with Crippen molar-refractivity contribution in [1.29, 1.82) is 0 Å². The van der Waals surface area contributed by atoms with Gasteiger partial charge in [-0.1, -0.05) is 18.2 Å². The molecule has 4 aromatic rings. The van der Waals surface area contributed by atoms with E-state index in [1.807, 2.05) is 44.3 Å². The largest absolute Gasteiger partial charge is 0.494 e. The van der Waals surface area contributed by atoms with Crippen LogP contribution in [0, 0.1) is 13.8 Å². The average molecular weight is 602 g/mol. The van der Waals surface area contributed by atoms with Crippen LogP contribution in [0.25, 0.3) is 21.8 Å². The molecule has 0 saturated carbocycles. The fourth-order valence-corrected chi connectivity index (χ4v) is 5.99. The zero-order valence-electron chi connectivity index (χ0n) is 24.5. The standard InChI is InChI=1S/C31H38F2N3O5P/c1-5-39-42(37,40-6-2)41-31(32,33)15-7-8-16-38-25-13-12-24(22(4)18-25)11-10-23-19-27-26-14-9-21(3)17-28(26)36-30(34)29(27)35-20-23/h9,12-14,17-20H,5-8,10-11,15-16H2,1-4H3,(H2,34,36). The first-order chi connectivity index (χ1) is 20.0. The SMILES string of the molecule is CCOP(=O)(OCC)OC(F)(F)CCCCOc1ccc(CCc2cnc3c(N)nc4cc(C)ccc4c3c2)c(C)c1. The molecule has 2 N–H and O–H groups in total. The number of aromatic nitrogens is 2. The van der Waals surface area contributed by atoms with Gasteiger partial charge in [0.2, 0.25) is 0 Å². The Morgan fingerprint density at radius 2 is 1.71 bits per heavy atom. The van der Waals surface area contributed by atoms with Crippen LogP contribution in [0.1, 0.15) is 55.4 Å². The van der Waals surface area contributed by atoms with Crippen LogP contribution in [0.4, 0.5) is 14.6 Å². The Morgan fingerprint density at radius 1 is 0.952 bits per heavy atom. The van der Waals surface area contributed by atoms with Crippen molar-refractivity contribution in [2.24, 2.45) is 0 Å². The van der Waals surface area contributed by atoms with Gasteiger partial charge in [-0.25, -0.2) is 14.1 Å². The Hall–Kier alpha value is -3.17. The fraction of sp³-hybridized carbons (Fsp3) is 0.419. The van der Waals surface area contributed by atoms with Gasteiger partial charge in [0.25, 0.3) is 0 Å². The summed E-state index contributed by atoms with van der Waals surface area (Å²) in [5.41, 5.74) is 12.3. The molecule has 0 bridgehead atoms. The molecule has 11 heteroatoms. The van der Waals surface area contributed by atoms with E-state index in [1.165, 1.54) is 19.4 Å². The Kier molecular flexibility index (Phi) is 10.5. The molecular weight excluding hydrogens is 563 g/mol. The average Bonchev–Trinajstić information content (AvgIpc) is 2.92. The Morgan fingerprint density at radius 3 is 2.43 bits per heavy atom. The van der Waals surface area contributed by atoms with Gasteiger partial charge in [0.1, 0.15) is 11.3 Å². The smallest absolute Gasteiger partial charge is 0.479 e. The summed E-state index contributed by atoms with van der Waals surface area (Å²) in [6.45, 7) is 7.24.